The van der Waals surface area contributed by atoms with Gasteiger partial charge in [0.05, 0.1) is 0 Å². The van der Waals surface area contributed by atoms with Gasteiger partial charge in [0.1, 0.15) is 17.2 Å². The number of alkyl halides is 2. The van der Waals surface area contributed by atoms with Crippen LogP contribution < -0.4 is 0 Å². The summed E-state index contributed by atoms with van der Waals surface area (Å²) in [6, 6.07) is 2.36. The number of nitrogens with zero attached hydrogens (tertiary/aromatic N) is 1. The van der Waals surface area contributed by atoms with Crippen LogP contribution in [0.15, 0.2) is 12.1 Å². The summed E-state index contributed by atoms with van der Waals surface area (Å²) < 4.78 is 27.4. The van der Waals surface area contributed by atoms with E-state index < -0.39 is 23.1 Å². The minimum Gasteiger partial charge on any atom is -0.336 e. The standard InChI is InChI=1S/C12H13Cl2F2NO/c1-8-2-3-9(15)10(11(8)16)12(18)17(6-4-13)7-5-14/h2-3H,4-7H2,1H3. The van der Waals surface area contributed by atoms with Gasteiger partial charge in [-0.1, -0.05) is 6.07 Å². The number of hydrogen-bond acceptors (Lipinski definition) is 1. The number of rotatable bonds is 5. The van der Waals surface area contributed by atoms with Crippen LogP contribution in [0.25, 0.3) is 0 Å². The molecule has 2 nitrogen and oxygen atoms in total. The molecule has 18 heavy (non-hydrogen) atoms. The third-order valence-electron chi connectivity index (χ3n) is 2.49. The summed E-state index contributed by atoms with van der Waals surface area (Å²) in [6.45, 7) is 1.86. The molecule has 0 heterocycles. The molecule has 0 N–H and O–H groups in total. The molecule has 0 aliphatic heterocycles. The maximum absolute atomic E-state index is 13.8. The van der Waals surface area contributed by atoms with Gasteiger partial charge in [-0.2, -0.15) is 0 Å². The number of aryl methyl sites for hydroxylation is 1. The van der Waals surface area contributed by atoms with Crippen LogP contribution in [0, 0.1) is 18.6 Å². The molecule has 1 aromatic rings. The Morgan fingerprint density at radius 1 is 1.22 bits per heavy atom. The van der Waals surface area contributed by atoms with Crippen LogP contribution in [-0.2, 0) is 0 Å². The van der Waals surface area contributed by atoms with Gasteiger partial charge < -0.3 is 4.90 Å². The minimum absolute atomic E-state index is 0.178. The van der Waals surface area contributed by atoms with Gasteiger partial charge in [0.15, 0.2) is 0 Å². The molecule has 0 radical (unpaired) electrons. The molecule has 0 aliphatic carbocycles. The number of hydrogen-bond donors (Lipinski definition) is 0. The Balaban J connectivity index is 3.11. The predicted molar refractivity (Wildman–Crippen MR) is 68.4 cm³/mol. The van der Waals surface area contributed by atoms with Crippen LogP contribution in [-0.4, -0.2) is 35.7 Å². The van der Waals surface area contributed by atoms with Gasteiger partial charge in [-0.3, -0.25) is 4.79 Å². The van der Waals surface area contributed by atoms with Gasteiger partial charge in [0.25, 0.3) is 5.91 Å². The second-order valence-corrected chi connectivity index (χ2v) is 4.48. The van der Waals surface area contributed by atoms with Crippen LogP contribution in [0.2, 0.25) is 0 Å². The monoisotopic (exact) mass is 295 g/mol. The molecule has 0 saturated heterocycles. The Morgan fingerprint density at radius 3 is 2.28 bits per heavy atom. The zero-order valence-corrected chi connectivity index (χ0v) is 11.4. The first-order valence-corrected chi connectivity index (χ1v) is 6.45. The summed E-state index contributed by atoms with van der Waals surface area (Å²) in [4.78, 5) is 13.3. The topological polar surface area (TPSA) is 20.3 Å². The van der Waals surface area contributed by atoms with Crippen molar-refractivity contribution in [1.29, 1.82) is 0 Å². The number of benzene rings is 1. The van der Waals surface area contributed by atoms with Crippen molar-refractivity contribution in [3.05, 3.63) is 34.9 Å². The van der Waals surface area contributed by atoms with Gasteiger partial charge in [-0.15, -0.1) is 23.2 Å². The lowest BCUT2D eigenvalue weighted by atomic mass is 10.1. The smallest absolute Gasteiger partial charge is 0.259 e. The lowest BCUT2D eigenvalue weighted by Crippen LogP contribution is -2.35. The van der Waals surface area contributed by atoms with E-state index in [-0.39, 0.29) is 30.4 Å². The van der Waals surface area contributed by atoms with E-state index in [4.69, 9.17) is 23.2 Å². The maximum Gasteiger partial charge on any atom is 0.259 e. The van der Waals surface area contributed by atoms with Gasteiger partial charge in [-0.25, -0.2) is 8.78 Å². The third-order valence-corrected chi connectivity index (χ3v) is 2.83. The molecule has 0 unspecified atom stereocenters. The Labute approximate surface area is 114 Å². The molecule has 0 fully saturated rings. The summed E-state index contributed by atoms with van der Waals surface area (Å²) in [6.07, 6.45) is 0. The molecule has 0 aromatic heterocycles. The first kappa shape index (κ1) is 15.2. The van der Waals surface area contributed by atoms with Crippen molar-refractivity contribution < 1.29 is 13.6 Å². The van der Waals surface area contributed by atoms with Crippen molar-refractivity contribution in [3.8, 4) is 0 Å². The number of halogens is 4. The summed E-state index contributed by atoms with van der Waals surface area (Å²) in [5.41, 5.74) is -0.332. The fourth-order valence-electron chi connectivity index (χ4n) is 1.53. The molecule has 6 heteroatoms. The van der Waals surface area contributed by atoms with E-state index in [0.717, 1.165) is 6.07 Å². The summed E-state index contributed by atoms with van der Waals surface area (Å²) in [5, 5.41) is 0. The molecule has 0 spiro atoms. The minimum atomic E-state index is -0.878. The van der Waals surface area contributed by atoms with Crippen LogP contribution in [0.4, 0.5) is 8.78 Å². The second-order valence-electron chi connectivity index (χ2n) is 3.72. The maximum atomic E-state index is 13.8. The van der Waals surface area contributed by atoms with E-state index in [0.29, 0.717) is 0 Å². The number of amides is 1. The van der Waals surface area contributed by atoms with Crippen LogP contribution >= 0.6 is 23.2 Å². The molecular weight excluding hydrogens is 283 g/mol. The largest absolute Gasteiger partial charge is 0.336 e. The van der Waals surface area contributed by atoms with Crippen molar-refractivity contribution in [2.75, 3.05) is 24.8 Å². The zero-order chi connectivity index (χ0) is 13.7. The number of carbonyl (C=O) groups is 1. The Kier molecular flexibility index (Phi) is 5.82. The van der Waals surface area contributed by atoms with Crippen molar-refractivity contribution in [1.82, 2.24) is 4.90 Å². The Morgan fingerprint density at radius 2 is 1.78 bits per heavy atom. The lowest BCUT2D eigenvalue weighted by molar-refractivity contribution is 0.0765. The van der Waals surface area contributed by atoms with Gasteiger partial charge in [-0.05, 0) is 18.6 Å². The highest BCUT2D eigenvalue weighted by Crippen LogP contribution is 2.18. The van der Waals surface area contributed by atoms with Crippen molar-refractivity contribution in [3.63, 3.8) is 0 Å². The first-order valence-electron chi connectivity index (χ1n) is 5.38. The Hall–Kier alpha value is -0.870. The van der Waals surface area contributed by atoms with E-state index in [1.54, 1.807) is 0 Å². The molecule has 100 valence electrons. The van der Waals surface area contributed by atoms with Gasteiger partial charge in [0, 0.05) is 24.8 Å². The highest BCUT2D eigenvalue weighted by Gasteiger charge is 2.23. The summed E-state index contributed by atoms with van der Waals surface area (Å²) >= 11 is 11.1. The molecule has 0 bridgehead atoms. The quantitative estimate of drug-likeness (QED) is 0.764. The van der Waals surface area contributed by atoms with Crippen LogP contribution in [0.1, 0.15) is 15.9 Å². The van der Waals surface area contributed by atoms with Crippen LogP contribution in [0.3, 0.4) is 0 Å². The normalized spacial score (nSPS) is 10.5. The van der Waals surface area contributed by atoms with E-state index in [2.05, 4.69) is 0 Å². The molecule has 1 rings (SSSR count). The number of carbonyl (C=O) groups excluding carboxylic acids is 1. The molecule has 1 amide bonds. The molecular formula is C12H13Cl2F2NO. The fraction of sp³-hybridized carbons (Fsp3) is 0.417. The zero-order valence-electron chi connectivity index (χ0n) is 9.85. The van der Waals surface area contributed by atoms with E-state index in [1.807, 2.05) is 0 Å². The predicted octanol–water partition coefficient (Wildman–Crippen LogP) is 3.19. The Bertz CT molecular complexity index is 434. The average molecular weight is 296 g/mol. The van der Waals surface area contributed by atoms with E-state index >= 15 is 0 Å². The lowest BCUT2D eigenvalue weighted by Gasteiger charge is -2.21. The molecule has 1 aromatic carbocycles. The van der Waals surface area contributed by atoms with Crippen molar-refractivity contribution in [2.45, 2.75) is 6.92 Å². The highest BCUT2D eigenvalue weighted by atomic mass is 35.5. The second kappa shape index (κ2) is 6.90. The third kappa shape index (κ3) is 3.33. The SMILES string of the molecule is Cc1ccc(F)c(C(=O)N(CCCl)CCCl)c1F. The highest BCUT2D eigenvalue weighted by molar-refractivity contribution is 6.18. The first-order chi connectivity index (χ1) is 8.52. The van der Waals surface area contributed by atoms with Crippen LogP contribution in [0.5, 0.6) is 0 Å². The fourth-order valence-corrected chi connectivity index (χ4v) is 1.94. The molecule has 0 atom stereocenters. The van der Waals surface area contributed by atoms with Crippen molar-refractivity contribution >= 4 is 29.1 Å². The summed E-state index contributed by atoms with van der Waals surface area (Å²) in [7, 11) is 0. The van der Waals surface area contributed by atoms with Crippen molar-refractivity contribution in [2.24, 2.45) is 0 Å². The molecule has 0 aliphatic rings. The summed E-state index contributed by atoms with van der Waals surface area (Å²) in [5.74, 6) is -2.09. The van der Waals surface area contributed by atoms with E-state index in [9.17, 15) is 13.6 Å². The van der Waals surface area contributed by atoms with E-state index in [1.165, 1.54) is 17.9 Å². The van der Waals surface area contributed by atoms with Gasteiger partial charge in [0.2, 0.25) is 0 Å². The molecule has 0 saturated carbocycles. The van der Waals surface area contributed by atoms with Gasteiger partial charge >= 0.3 is 0 Å². The average Bonchev–Trinajstić information content (AvgIpc) is 2.34.